The van der Waals surface area contributed by atoms with Crippen LogP contribution in [-0.2, 0) is 11.8 Å². The van der Waals surface area contributed by atoms with Gasteiger partial charge in [-0.1, -0.05) is 12.1 Å². The maximum absolute atomic E-state index is 13.3. The Morgan fingerprint density at radius 1 is 1.26 bits per heavy atom. The van der Waals surface area contributed by atoms with E-state index in [2.05, 4.69) is 20.3 Å². The van der Waals surface area contributed by atoms with Crippen LogP contribution in [0.4, 0.5) is 14.7 Å². The van der Waals surface area contributed by atoms with Crippen LogP contribution in [0.5, 0.6) is 0 Å². The molecule has 27 heavy (non-hydrogen) atoms. The van der Waals surface area contributed by atoms with Crippen molar-refractivity contribution in [1.29, 1.82) is 0 Å². The number of carbonyl (C=O) groups is 1. The van der Waals surface area contributed by atoms with E-state index in [1.807, 2.05) is 29.8 Å². The predicted octanol–water partition coefficient (Wildman–Crippen LogP) is 3.79. The molecule has 1 amide bonds. The van der Waals surface area contributed by atoms with E-state index in [0.29, 0.717) is 5.52 Å². The maximum atomic E-state index is 13.3. The highest BCUT2D eigenvalue weighted by atomic mass is 19.3. The van der Waals surface area contributed by atoms with E-state index >= 15 is 0 Å². The molecule has 0 bridgehead atoms. The number of nitrogens with zero attached hydrogens (tertiary/aromatic N) is 4. The van der Waals surface area contributed by atoms with E-state index in [1.165, 1.54) is 0 Å². The fraction of sp³-hybridized carbons (Fsp3) is 0.368. The highest BCUT2D eigenvalue weighted by Crippen LogP contribution is 2.36. The maximum Gasteiger partial charge on any atom is 0.248 e. The van der Waals surface area contributed by atoms with Crippen molar-refractivity contribution in [3.8, 4) is 11.3 Å². The highest BCUT2D eigenvalue weighted by molar-refractivity contribution is 5.92. The van der Waals surface area contributed by atoms with Crippen LogP contribution < -0.4 is 5.32 Å². The molecule has 1 aromatic carbocycles. The van der Waals surface area contributed by atoms with E-state index < -0.39 is 11.8 Å². The zero-order valence-corrected chi connectivity index (χ0v) is 14.8. The minimum atomic E-state index is -2.65. The van der Waals surface area contributed by atoms with Crippen LogP contribution >= 0.6 is 0 Å². The second-order valence-electron chi connectivity index (χ2n) is 6.98. The third kappa shape index (κ3) is 3.65. The summed E-state index contributed by atoms with van der Waals surface area (Å²) >= 11 is 0. The number of fused-ring (bicyclic) bond motifs is 1. The van der Waals surface area contributed by atoms with Crippen molar-refractivity contribution in [1.82, 2.24) is 19.5 Å². The average molecular weight is 371 g/mol. The number of imidazole rings is 1. The van der Waals surface area contributed by atoms with Crippen LogP contribution in [0, 0.1) is 5.92 Å². The molecule has 140 valence electrons. The molecular weight excluding hydrogens is 352 g/mol. The summed E-state index contributed by atoms with van der Waals surface area (Å²) in [5, 5.41) is 3.52. The molecule has 0 atom stereocenters. The third-order valence-electron chi connectivity index (χ3n) is 5.02. The summed E-state index contributed by atoms with van der Waals surface area (Å²) in [5.41, 5.74) is 2.59. The number of amides is 1. The number of halogens is 2. The summed E-state index contributed by atoms with van der Waals surface area (Å²) < 4.78 is 28.4. The molecule has 0 saturated heterocycles. The van der Waals surface area contributed by atoms with Crippen molar-refractivity contribution in [2.45, 2.75) is 31.6 Å². The molecule has 6 nitrogen and oxygen atoms in total. The van der Waals surface area contributed by atoms with E-state index in [1.54, 1.807) is 18.7 Å². The molecule has 0 unspecified atom stereocenters. The first-order valence-electron chi connectivity index (χ1n) is 8.83. The van der Waals surface area contributed by atoms with E-state index in [-0.39, 0.29) is 37.5 Å². The topological polar surface area (TPSA) is 72.7 Å². The first-order chi connectivity index (χ1) is 12.9. The lowest BCUT2D eigenvalue weighted by atomic mass is 9.86. The van der Waals surface area contributed by atoms with Crippen LogP contribution in [0.2, 0.25) is 0 Å². The molecule has 1 fully saturated rings. The van der Waals surface area contributed by atoms with Gasteiger partial charge in [0.05, 0.1) is 23.7 Å². The van der Waals surface area contributed by atoms with Crippen molar-refractivity contribution >= 4 is 22.8 Å². The van der Waals surface area contributed by atoms with Crippen molar-refractivity contribution in [2.24, 2.45) is 13.0 Å². The summed E-state index contributed by atoms with van der Waals surface area (Å²) in [6.45, 7) is 0. The van der Waals surface area contributed by atoms with Gasteiger partial charge < -0.3 is 4.57 Å². The zero-order valence-electron chi connectivity index (χ0n) is 14.8. The first-order valence-corrected chi connectivity index (χ1v) is 8.83. The Kier molecular flexibility index (Phi) is 4.33. The van der Waals surface area contributed by atoms with E-state index in [0.717, 1.165) is 16.6 Å². The van der Waals surface area contributed by atoms with Crippen molar-refractivity contribution < 1.29 is 13.6 Å². The SMILES string of the molecule is Cn1cncc1-c1ccc2cnc(NC(=O)C3CCC(F)(F)CC3)nc2c1. The number of carbonyl (C=O) groups excluding carboxylic acids is 1. The van der Waals surface area contributed by atoms with Gasteiger partial charge in [0.1, 0.15) is 0 Å². The Hall–Kier alpha value is -2.90. The van der Waals surface area contributed by atoms with Gasteiger partial charge in [0.25, 0.3) is 0 Å². The molecule has 1 saturated carbocycles. The molecular formula is C19H19F2N5O. The molecule has 0 aliphatic heterocycles. The fourth-order valence-corrected chi connectivity index (χ4v) is 3.39. The summed E-state index contributed by atoms with van der Waals surface area (Å²) in [6, 6.07) is 5.78. The molecule has 2 aromatic heterocycles. The van der Waals surface area contributed by atoms with Crippen LogP contribution in [-0.4, -0.2) is 31.3 Å². The number of nitrogens with one attached hydrogen (secondary N) is 1. The number of benzene rings is 1. The normalized spacial score (nSPS) is 17.1. The van der Waals surface area contributed by atoms with Gasteiger partial charge in [-0.2, -0.15) is 0 Å². The molecule has 0 spiro atoms. The largest absolute Gasteiger partial charge is 0.334 e. The Labute approximate surface area is 154 Å². The Morgan fingerprint density at radius 3 is 2.74 bits per heavy atom. The minimum Gasteiger partial charge on any atom is -0.334 e. The van der Waals surface area contributed by atoms with Crippen LogP contribution in [0.3, 0.4) is 0 Å². The number of aromatic nitrogens is 4. The number of hydrogen-bond acceptors (Lipinski definition) is 4. The van der Waals surface area contributed by atoms with Gasteiger partial charge in [-0.05, 0) is 18.9 Å². The standard InChI is InChI=1S/C19H19F2N5O/c1-26-11-22-10-16(26)13-2-3-14-9-23-18(24-15(14)8-13)25-17(27)12-4-6-19(20,21)7-5-12/h2-3,8-12H,4-7H2,1H3,(H,23,24,25,27). The Balaban J connectivity index is 1.54. The smallest absolute Gasteiger partial charge is 0.248 e. The summed E-state index contributed by atoms with van der Waals surface area (Å²) in [4.78, 5) is 25.1. The van der Waals surface area contributed by atoms with E-state index in [9.17, 15) is 13.6 Å². The van der Waals surface area contributed by atoms with Crippen LogP contribution in [0.1, 0.15) is 25.7 Å². The zero-order chi connectivity index (χ0) is 19.0. The van der Waals surface area contributed by atoms with Crippen LogP contribution in [0.25, 0.3) is 22.2 Å². The first kappa shape index (κ1) is 17.5. The summed E-state index contributed by atoms with van der Waals surface area (Å²) in [7, 11) is 1.91. The highest BCUT2D eigenvalue weighted by Gasteiger charge is 2.37. The fourth-order valence-electron chi connectivity index (χ4n) is 3.39. The molecule has 0 radical (unpaired) electrons. The van der Waals surface area contributed by atoms with E-state index in [4.69, 9.17) is 0 Å². The summed E-state index contributed by atoms with van der Waals surface area (Å²) in [6.07, 6.45) is 4.98. The molecule has 3 aromatic rings. The summed E-state index contributed by atoms with van der Waals surface area (Å²) in [5.74, 6) is -3.19. The molecule has 1 aliphatic rings. The van der Waals surface area contributed by atoms with Gasteiger partial charge in [-0.3, -0.25) is 10.1 Å². The van der Waals surface area contributed by atoms with Gasteiger partial charge in [0, 0.05) is 43.0 Å². The molecule has 1 aliphatic carbocycles. The predicted molar refractivity (Wildman–Crippen MR) is 97.3 cm³/mol. The van der Waals surface area contributed by atoms with Gasteiger partial charge >= 0.3 is 0 Å². The average Bonchev–Trinajstić information content (AvgIpc) is 3.07. The third-order valence-corrected chi connectivity index (χ3v) is 5.02. The monoisotopic (exact) mass is 371 g/mol. The lowest BCUT2D eigenvalue weighted by molar-refractivity contribution is -0.124. The van der Waals surface area contributed by atoms with Gasteiger partial charge in [-0.15, -0.1) is 0 Å². The second kappa shape index (κ2) is 6.68. The molecule has 1 N–H and O–H groups in total. The molecule has 2 heterocycles. The van der Waals surface area contributed by atoms with Crippen molar-refractivity contribution in [2.75, 3.05) is 5.32 Å². The van der Waals surface area contributed by atoms with Gasteiger partial charge in [0.15, 0.2) is 0 Å². The number of aryl methyl sites for hydroxylation is 1. The van der Waals surface area contributed by atoms with Crippen molar-refractivity contribution in [3.63, 3.8) is 0 Å². The Morgan fingerprint density at radius 2 is 2.04 bits per heavy atom. The van der Waals surface area contributed by atoms with Crippen LogP contribution in [0.15, 0.2) is 36.9 Å². The van der Waals surface area contributed by atoms with Gasteiger partial charge in [-0.25, -0.2) is 23.7 Å². The number of anilines is 1. The van der Waals surface area contributed by atoms with Crippen molar-refractivity contribution in [3.05, 3.63) is 36.9 Å². The quantitative estimate of drug-likeness (QED) is 0.760. The van der Waals surface area contributed by atoms with Gasteiger partial charge in [0.2, 0.25) is 17.8 Å². The number of alkyl halides is 2. The lowest BCUT2D eigenvalue weighted by Gasteiger charge is -2.27. The minimum absolute atomic E-state index is 0.178. The Bertz CT molecular complexity index is 991. The number of rotatable bonds is 3. The lowest BCUT2D eigenvalue weighted by Crippen LogP contribution is -2.32. The molecule has 8 heteroatoms. The number of hydrogen-bond donors (Lipinski definition) is 1. The second-order valence-corrected chi connectivity index (χ2v) is 6.98. The molecule has 4 rings (SSSR count).